The Bertz CT molecular complexity index is 673. The molecule has 1 aromatic rings. The highest BCUT2D eigenvalue weighted by atomic mass is 16.4. The number of fused-ring (bicyclic) bond motifs is 1. The van der Waals surface area contributed by atoms with Crippen molar-refractivity contribution in [2.24, 2.45) is 5.41 Å². The highest BCUT2D eigenvalue weighted by Crippen LogP contribution is 2.42. The topological polar surface area (TPSA) is 60.9 Å². The minimum Gasteiger partial charge on any atom is -0.481 e. The number of aliphatic carboxylic acids is 1. The lowest BCUT2D eigenvalue weighted by atomic mass is 9.68. The predicted octanol–water partition coefficient (Wildman–Crippen LogP) is 2.75. The zero-order valence-corrected chi connectivity index (χ0v) is 16.1. The summed E-state index contributed by atoms with van der Waals surface area (Å²) < 4.78 is 0. The van der Waals surface area contributed by atoms with Crippen LogP contribution in [-0.2, 0) is 15.0 Å². The number of rotatable bonds is 4. The SMILES string of the molecule is CN1CCC[C@]2(C(=O)O)CCN(C(=O)CC(C)(C)c3ccccc3)C[C@@H]12. The molecule has 0 unspecified atom stereocenters. The zero-order valence-electron chi connectivity index (χ0n) is 16.1. The van der Waals surface area contributed by atoms with E-state index in [1.807, 2.05) is 30.1 Å². The summed E-state index contributed by atoms with van der Waals surface area (Å²) in [4.78, 5) is 29.0. The molecule has 0 spiro atoms. The molecule has 2 aliphatic rings. The maximum absolute atomic E-state index is 13.0. The molecule has 1 N–H and O–H groups in total. The van der Waals surface area contributed by atoms with Gasteiger partial charge in [-0.15, -0.1) is 0 Å². The second-order valence-electron chi connectivity index (χ2n) is 8.58. The van der Waals surface area contributed by atoms with Gasteiger partial charge in [-0.3, -0.25) is 9.59 Å². The van der Waals surface area contributed by atoms with E-state index in [1.54, 1.807) is 0 Å². The van der Waals surface area contributed by atoms with Crippen molar-refractivity contribution in [1.82, 2.24) is 9.80 Å². The fraction of sp³-hybridized carbons (Fsp3) is 0.619. The Hall–Kier alpha value is -1.88. The van der Waals surface area contributed by atoms with E-state index in [9.17, 15) is 14.7 Å². The molecule has 26 heavy (non-hydrogen) atoms. The molecular weight excluding hydrogens is 328 g/mol. The molecule has 0 radical (unpaired) electrons. The van der Waals surface area contributed by atoms with E-state index >= 15 is 0 Å². The third-order valence-electron chi connectivity index (χ3n) is 6.45. The van der Waals surface area contributed by atoms with Crippen LogP contribution in [-0.4, -0.2) is 59.5 Å². The maximum Gasteiger partial charge on any atom is 0.311 e. The lowest BCUT2D eigenvalue weighted by molar-refractivity contribution is -0.165. The van der Waals surface area contributed by atoms with Gasteiger partial charge in [-0.25, -0.2) is 0 Å². The lowest BCUT2D eigenvalue weighted by Crippen LogP contribution is -2.63. The average Bonchev–Trinajstić information content (AvgIpc) is 2.62. The number of carboxylic acid groups (broad SMARTS) is 1. The number of hydrogen-bond donors (Lipinski definition) is 1. The molecular formula is C21H30N2O3. The maximum atomic E-state index is 13.0. The first-order chi connectivity index (χ1) is 12.3. The summed E-state index contributed by atoms with van der Waals surface area (Å²) in [5.41, 5.74) is 0.219. The van der Waals surface area contributed by atoms with Crippen LogP contribution in [0.1, 0.15) is 45.1 Å². The molecule has 2 heterocycles. The van der Waals surface area contributed by atoms with E-state index in [2.05, 4.69) is 30.9 Å². The van der Waals surface area contributed by atoms with Crippen molar-refractivity contribution in [3.63, 3.8) is 0 Å². The number of carboxylic acids is 1. The number of nitrogens with zero attached hydrogens (tertiary/aromatic N) is 2. The van der Waals surface area contributed by atoms with Crippen molar-refractivity contribution in [2.75, 3.05) is 26.7 Å². The molecule has 3 rings (SSSR count). The van der Waals surface area contributed by atoms with Crippen LogP contribution in [0.2, 0.25) is 0 Å². The van der Waals surface area contributed by atoms with Crippen LogP contribution in [0.4, 0.5) is 0 Å². The highest BCUT2D eigenvalue weighted by Gasteiger charge is 2.52. The second-order valence-corrected chi connectivity index (χ2v) is 8.58. The first-order valence-electron chi connectivity index (χ1n) is 9.53. The molecule has 2 atom stereocenters. The lowest BCUT2D eigenvalue weighted by Gasteiger charge is -2.52. The third kappa shape index (κ3) is 3.37. The molecule has 5 heteroatoms. The summed E-state index contributed by atoms with van der Waals surface area (Å²) in [7, 11) is 1.99. The van der Waals surface area contributed by atoms with Gasteiger partial charge in [0.25, 0.3) is 0 Å². The van der Waals surface area contributed by atoms with Gasteiger partial charge >= 0.3 is 5.97 Å². The van der Waals surface area contributed by atoms with Crippen molar-refractivity contribution < 1.29 is 14.7 Å². The van der Waals surface area contributed by atoms with Crippen molar-refractivity contribution in [3.8, 4) is 0 Å². The Balaban J connectivity index is 1.73. The first-order valence-corrected chi connectivity index (χ1v) is 9.53. The average molecular weight is 358 g/mol. The van der Waals surface area contributed by atoms with E-state index in [0.29, 0.717) is 25.9 Å². The number of amides is 1. The minimum atomic E-state index is -0.703. The van der Waals surface area contributed by atoms with E-state index in [-0.39, 0.29) is 17.4 Å². The number of likely N-dealkylation sites (N-methyl/N-ethyl adjacent to an activating group) is 1. The normalized spacial score (nSPS) is 27.0. The second kappa shape index (κ2) is 7.03. The van der Waals surface area contributed by atoms with Gasteiger partial charge in [0.05, 0.1) is 5.41 Å². The summed E-state index contributed by atoms with van der Waals surface area (Å²) in [6, 6.07) is 10.0. The largest absolute Gasteiger partial charge is 0.481 e. The van der Waals surface area contributed by atoms with Crippen LogP contribution in [0.5, 0.6) is 0 Å². The van der Waals surface area contributed by atoms with E-state index in [0.717, 1.165) is 24.9 Å². The Kier molecular flexibility index (Phi) is 5.11. The summed E-state index contributed by atoms with van der Waals surface area (Å²) in [6.45, 7) is 6.15. The first kappa shape index (κ1) is 18.9. The Morgan fingerprint density at radius 1 is 1.19 bits per heavy atom. The van der Waals surface area contributed by atoms with Crippen LogP contribution in [0.25, 0.3) is 0 Å². The molecule has 2 fully saturated rings. The van der Waals surface area contributed by atoms with Crippen molar-refractivity contribution in [2.45, 2.75) is 51.0 Å². The van der Waals surface area contributed by atoms with Gasteiger partial charge in [-0.2, -0.15) is 0 Å². The predicted molar refractivity (Wildman–Crippen MR) is 101 cm³/mol. The van der Waals surface area contributed by atoms with Crippen LogP contribution < -0.4 is 0 Å². The van der Waals surface area contributed by atoms with Gasteiger partial charge in [0.2, 0.25) is 5.91 Å². The number of piperidine rings is 2. The molecule has 142 valence electrons. The molecule has 5 nitrogen and oxygen atoms in total. The van der Waals surface area contributed by atoms with Crippen molar-refractivity contribution in [3.05, 3.63) is 35.9 Å². The third-order valence-corrected chi connectivity index (χ3v) is 6.45. The minimum absolute atomic E-state index is 0.0914. The number of carbonyl (C=O) groups is 2. The molecule has 2 aliphatic heterocycles. The number of benzene rings is 1. The fourth-order valence-electron chi connectivity index (χ4n) is 4.69. The summed E-state index contributed by atoms with van der Waals surface area (Å²) in [5.74, 6) is -0.581. The smallest absolute Gasteiger partial charge is 0.311 e. The van der Waals surface area contributed by atoms with Crippen molar-refractivity contribution >= 4 is 11.9 Å². The van der Waals surface area contributed by atoms with E-state index < -0.39 is 11.4 Å². The van der Waals surface area contributed by atoms with Crippen LogP contribution in [0, 0.1) is 5.41 Å². The van der Waals surface area contributed by atoms with Gasteiger partial charge in [0.15, 0.2) is 0 Å². The van der Waals surface area contributed by atoms with Gasteiger partial charge < -0.3 is 14.9 Å². The molecule has 0 aliphatic carbocycles. The standard InChI is InChI=1S/C21H30N2O3/c1-20(2,16-8-5-4-6-9-16)14-18(24)23-13-11-21(19(25)26)10-7-12-22(3)17(21)15-23/h4-6,8-9,17H,7,10-15H2,1-3H3,(H,25,26)/t17-,21+/m1/s1. The van der Waals surface area contributed by atoms with Gasteiger partial charge in [-0.05, 0) is 43.8 Å². The van der Waals surface area contributed by atoms with Crippen LogP contribution >= 0.6 is 0 Å². The molecule has 1 aromatic carbocycles. The monoisotopic (exact) mass is 358 g/mol. The Morgan fingerprint density at radius 3 is 2.54 bits per heavy atom. The van der Waals surface area contributed by atoms with Crippen LogP contribution in [0.15, 0.2) is 30.3 Å². The van der Waals surface area contributed by atoms with Crippen LogP contribution in [0.3, 0.4) is 0 Å². The molecule has 1 amide bonds. The summed E-state index contributed by atoms with van der Waals surface area (Å²) in [5, 5.41) is 9.87. The fourth-order valence-corrected chi connectivity index (χ4v) is 4.69. The van der Waals surface area contributed by atoms with E-state index in [1.165, 1.54) is 0 Å². The highest BCUT2D eigenvalue weighted by molar-refractivity contribution is 5.80. The molecule has 2 saturated heterocycles. The van der Waals surface area contributed by atoms with E-state index in [4.69, 9.17) is 0 Å². The summed E-state index contributed by atoms with van der Waals surface area (Å²) in [6.07, 6.45) is 2.62. The molecule has 0 saturated carbocycles. The zero-order chi connectivity index (χ0) is 18.9. The molecule has 0 bridgehead atoms. The van der Waals surface area contributed by atoms with Gasteiger partial charge in [-0.1, -0.05) is 44.2 Å². The number of hydrogen-bond acceptors (Lipinski definition) is 3. The number of likely N-dealkylation sites (tertiary alicyclic amines) is 2. The molecule has 0 aromatic heterocycles. The quantitative estimate of drug-likeness (QED) is 0.899. The Morgan fingerprint density at radius 2 is 1.88 bits per heavy atom. The van der Waals surface area contributed by atoms with Gasteiger partial charge in [0.1, 0.15) is 0 Å². The Labute approximate surface area is 156 Å². The summed E-state index contributed by atoms with van der Waals surface area (Å²) >= 11 is 0. The number of carbonyl (C=O) groups excluding carboxylic acids is 1. The van der Waals surface area contributed by atoms with Crippen molar-refractivity contribution in [1.29, 1.82) is 0 Å². The van der Waals surface area contributed by atoms with Gasteiger partial charge in [0, 0.05) is 25.6 Å².